The second kappa shape index (κ2) is 12.6. The molecule has 0 radical (unpaired) electrons. The van der Waals surface area contributed by atoms with Crippen molar-refractivity contribution in [3.8, 4) is 6.07 Å². The molecule has 4 rings (SSSR count). The van der Waals surface area contributed by atoms with Crippen molar-refractivity contribution in [1.82, 2.24) is 9.80 Å². The van der Waals surface area contributed by atoms with Crippen LogP contribution in [0.2, 0.25) is 10.0 Å². The van der Waals surface area contributed by atoms with Crippen molar-refractivity contribution < 1.29 is 9.90 Å². The standard InChI is InChI=1S/C30H32Cl2N4O2/c1-3-35(4-2)30(38)24-8-6-23(7-9-24)29(37)20-34-15-16-36(27-14-5-21(18-33)17-26(27)32)28(19-34)22-10-12-25(31)13-11-22/h5-14,17,28-29,37H,3-4,15-16,19-20H2,1-2H3. The number of hydrogen-bond donors (Lipinski definition) is 1. The smallest absolute Gasteiger partial charge is 0.253 e. The van der Waals surface area contributed by atoms with Gasteiger partial charge in [-0.2, -0.15) is 5.26 Å². The van der Waals surface area contributed by atoms with Crippen LogP contribution in [-0.2, 0) is 0 Å². The Hall–Kier alpha value is -3.08. The molecule has 1 aliphatic rings. The Morgan fingerprint density at radius 2 is 1.74 bits per heavy atom. The maximum absolute atomic E-state index is 12.6. The van der Waals surface area contributed by atoms with Crippen LogP contribution in [0.5, 0.6) is 0 Å². The fraction of sp³-hybridized carbons (Fsp3) is 0.333. The summed E-state index contributed by atoms with van der Waals surface area (Å²) in [5.74, 6) is -0.000526. The number of nitrogens with zero attached hydrogens (tertiary/aromatic N) is 4. The summed E-state index contributed by atoms with van der Waals surface area (Å²) in [6.45, 7) is 7.81. The van der Waals surface area contributed by atoms with Crippen molar-refractivity contribution in [3.63, 3.8) is 0 Å². The summed E-state index contributed by atoms with van der Waals surface area (Å²) in [4.78, 5) is 18.9. The summed E-state index contributed by atoms with van der Waals surface area (Å²) < 4.78 is 0. The molecular weight excluding hydrogens is 519 g/mol. The number of anilines is 1. The summed E-state index contributed by atoms with van der Waals surface area (Å²) in [6.07, 6.45) is -0.691. The highest BCUT2D eigenvalue weighted by molar-refractivity contribution is 6.33. The number of aliphatic hydroxyl groups excluding tert-OH is 1. The number of amides is 1. The van der Waals surface area contributed by atoms with Gasteiger partial charge in [-0.15, -0.1) is 0 Å². The first-order valence-electron chi connectivity index (χ1n) is 12.9. The molecule has 0 aliphatic carbocycles. The first kappa shape index (κ1) is 27.9. The third kappa shape index (κ3) is 6.31. The number of carbonyl (C=O) groups is 1. The topological polar surface area (TPSA) is 70.8 Å². The van der Waals surface area contributed by atoms with Crippen LogP contribution in [0.4, 0.5) is 5.69 Å². The maximum atomic E-state index is 12.6. The Bertz CT molecular complexity index is 1290. The predicted octanol–water partition coefficient (Wildman–Crippen LogP) is 5.94. The predicted molar refractivity (Wildman–Crippen MR) is 153 cm³/mol. The van der Waals surface area contributed by atoms with E-state index in [-0.39, 0.29) is 11.9 Å². The Kier molecular flexibility index (Phi) is 9.30. The van der Waals surface area contributed by atoms with Gasteiger partial charge in [0.2, 0.25) is 0 Å². The normalized spacial score (nSPS) is 16.6. The minimum absolute atomic E-state index is 0.000526. The lowest BCUT2D eigenvalue weighted by atomic mass is 10.00. The summed E-state index contributed by atoms with van der Waals surface area (Å²) in [6, 6.07) is 22.5. The molecule has 6 nitrogen and oxygen atoms in total. The van der Waals surface area contributed by atoms with Crippen LogP contribution in [0, 0.1) is 11.3 Å². The number of piperazine rings is 1. The van der Waals surface area contributed by atoms with E-state index < -0.39 is 6.10 Å². The average molecular weight is 552 g/mol. The number of β-amino-alcohol motifs (C(OH)–C–C–N with tert-alkyl or cyclic N) is 1. The van der Waals surface area contributed by atoms with Gasteiger partial charge in [-0.25, -0.2) is 0 Å². The van der Waals surface area contributed by atoms with E-state index in [9.17, 15) is 15.2 Å². The molecule has 38 heavy (non-hydrogen) atoms. The van der Waals surface area contributed by atoms with Gasteiger partial charge in [-0.1, -0.05) is 47.5 Å². The Morgan fingerprint density at radius 1 is 1.05 bits per heavy atom. The zero-order valence-corrected chi connectivity index (χ0v) is 23.2. The average Bonchev–Trinajstić information content (AvgIpc) is 2.94. The summed E-state index contributed by atoms with van der Waals surface area (Å²) in [5.41, 5.74) is 3.89. The molecule has 8 heteroatoms. The number of hydrogen-bond acceptors (Lipinski definition) is 5. The van der Waals surface area contributed by atoms with Crippen molar-refractivity contribution in [3.05, 3.63) is 99.0 Å². The zero-order valence-electron chi connectivity index (χ0n) is 21.6. The minimum Gasteiger partial charge on any atom is -0.387 e. The second-order valence-corrected chi connectivity index (χ2v) is 10.3. The third-order valence-electron chi connectivity index (χ3n) is 7.13. The van der Waals surface area contributed by atoms with Gasteiger partial charge in [0.25, 0.3) is 5.91 Å². The fourth-order valence-electron chi connectivity index (χ4n) is 4.96. The largest absolute Gasteiger partial charge is 0.387 e. The van der Waals surface area contributed by atoms with E-state index in [1.807, 2.05) is 56.3 Å². The third-order valence-corrected chi connectivity index (χ3v) is 7.68. The molecule has 0 saturated carbocycles. The summed E-state index contributed by atoms with van der Waals surface area (Å²) >= 11 is 12.8. The molecule has 2 atom stereocenters. The summed E-state index contributed by atoms with van der Waals surface area (Å²) in [5, 5.41) is 21.5. The van der Waals surface area contributed by atoms with E-state index >= 15 is 0 Å². The number of aliphatic hydroxyl groups is 1. The molecule has 0 spiro atoms. The number of nitriles is 1. The van der Waals surface area contributed by atoms with Crippen molar-refractivity contribution in [2.45, 2.75) is 26.0 Å². The van der Waals surface area contributed by atoms with Gasteiger partial charge < -0.3 is 14.9 Å². The second-order valence-electron chi connectivity index (χ2n) is 9.41. The van der Waals surface area contributed by atoms with E-state index in [1.54, 1.807) is 29.2 Å². The van der Waals surface area contributed by atoms with Crippen molar-refractivity contribution >= 4 is 34.8 Å². The van der Waals surface area contributed by atoms with Crippen LogP contribution in [0.1, 0.15) is 53.0 Å². The number of halogens is 2. The van der Waals surface area contributed by atoms with Gasteiger partial charge >= 0.3 is 0 Å². The quantitative estimate of drug-likeness (QED) is 0.375. The highest BCUT2D eigenvalue weighted by Gasteiger charge is 2.31. The fourth-order valence-corrected chi connectivity index (χ4v) is 5.38. The van der Waals surface area contributed by atoms with Gasteiger partial charge in [0.1, 0.15) is 0 Å². The SMILES string of the molecule is CCN(CC)C(=O)c1ccc(C(O)CN2CCN(c3ccc(C#N)cc3Cl)C(c3ccc(Cl)cc3)C2)cc1. The molecule has 2 unspecified atom stereocenters. The highest BCUT2D eigenvalue weighted by atomic mass is 35.5. The van der Waals surface area contributed by atoms with Crippen LogP contribution < -0.4 is 4.90 Å². The van der Waals surface area contributed by atoms with Gasteiger partial charge in [0.15, 0.2) is 0 Å². The molecule has 1 saturated heterocycles. The first-order valence-corrected chi connectivity index (χ1v) is 13.6. The van der Waals surface area contributed by atoms with Gasteiger partial charge in [-0.05, 0) is 67.4 Å². The lowest BCUT2D eigenvalue weighted by Crippen LogP contribution is -2.49. The molecule has 1 fully saturated rings. The van der Waals surface area contributed by atoms with E-state index in [0.717, 1.165) is 23.4 Å². The van der Waals surface area contributed by atoms with Gasteiger partial charge in [0, 0.05) is 49.9 Å². The lowest BCUT2D eigenvalue weighted by molar-refractivity contribution is 0.0772. The Balaban J connectivity index is 1.51. The Labute approximate surface area is 234 Å². The van der Waals surface area contributed by atoms with Crippen LogP contribution in [0.15, 0.2) is 66.7 Å². The molecule has 0 bridgehead atoms. The molecule has 1 amide bonds. The number of benzene rings is 3. The minimum atomic E-state index is -0.691. The molecule has 0 aromatic heterocycles. The molecule has 1 aliphatic heterocycles. The number of rotatable bonds is 8. The van der Waals surface area contributed by atoms with Crippen LogP contribution >= 0.6 is 23.2 Å². The zero-order chi connectivity index (χ0) is 27.2. The van der Waals surface area contributed by atoms with E-state index in [2.05, 4.69) is 15.9 Å². The molecule has 3 aromatic rings. The van der Waals surface area contributed by atoms with Crippen LogP contribution in [0.25, 0.3) is 0 Å². The molecule has 198 valence electrons. The number of carbonyl (C=O) groups excluding carboxylic acids is 1. The Morgan fingerprint density at radius 3 is 2.34 bits per heavy atom. The summed E-state index contributed by atoms with van der Waals surface area (Å²) in [7, 11) is 0. The molecular formula is C30H32Cl2N4O2. The van der Waals surface area contributed by atoms with E-state index in [1.165, 1.54) is 0 Å². The van der Waals surface area contributed by atoms with Crippen LogP contribution in [-0.4, -0.2) is 60.1 Å². The first-order chi connectivity index (χ1) is 18.3. The molecule has 3 aromatic carbocycles. The van der Waals surface area contributed by atoms with Crippen molar-refractivity contribution in [1.29, 1.82) is 5.26 Å². The van der Waals surface area contributed by atoms with E-state index in [4.69, 9.17) is 23.2 Å². The lowest BCUT2D eigenvalue weighted by Gasteiger charge is -2.44. The molecule has 1 N–H and O–H groups in total. The van der Waals surface area contributed by atoms with Gasteiger partial charge in [0.05, 0.1) is 34.5 Å². The van der Waals surface area contributed by atoms with Crippen molar-refractivity contribution in [2.24, 2.45) is 0 Å². The monoisotopic (exact) mass is 550 g/mol. The van der Waals surface area contributed by atoms with E-state index in [0.29, 0.717) is 53.9 Å². The van der Waals surface area contributed by atoms with Crippen LogP contribution in [0.3, 0.4) is 0 Å². The van der Waals surface area contributed by atoms with Gasteiger partial charge in [-0.3, -0.25) is 9.69 Å². The highest BCUT2D eigenvalue weighted by Crippen LogP contribution is 2.36. The maximum Gasteiger partial charge on any atom is 0.253 e. The molecule has 1 heterocycles. The van der Waals surface area contributed by atoms with Crippen molar-refractivity contribution in [2.75, 3.05) is 44.2 Å².